The molecule has 8 nitrogen and oxygen atoms in total. The molecule has 0 aliphatic heterocycles. The van der Waals surface area contributed by atoms with E-state index in [0.29, 0.717) is 22.4 Å². The van der Waals surface area contributed by atoms with Gasteiger partial charge in [0, 0.05) is 27.2 Å². The molecule has 0 fully saturated rings. The molecule has 0 aliphatic carbocycles. The zero-order chi connectivity index (χ0) is 24.4. The van der Waals surface area contributed by atoms with Crippen molar-refractivity contribution in [1.29, 1.82) is 0 Å². The van der Waals surface area contributed by atoms with E-state index in [1.165, 1.54) is 18.2 Å². The number of hydrogen-bond acceptors (Lipinski definition) is 7. The Labute approximate surface area is 201 Å². The van der Waals surface area contributed by atoms with Crippen molar-refractivity contribution in [3.05, 3.63) is 97.1 Å². The maximum atomic E-state index is 11.8. The maximum absolute atomic E-state index is 11.8. The van der Waals surface area contributed by atoms with Gasteiger partial charge in [0.1, 0.15) is 4.90 Å². The van der Waals surface area contributed by atoms with Crippen LogP contribution in [0.4, 0.5) is 28.4 Å². The molecule has 35 heavy (non-hydrogen) atoms. The Morgan fingerprint density at radius 1 is 0.571 bits per heavy atom. The number of nitrogens with zero attached hydrogens (tertiary/aromatic N) is 4. The number of benzene rings is 5. The van der Waals surface area contributed by atoms with Crippen molar-refractivity contribution in [1.82, 2.24) is 0 Å². The monoisotopic (exact) mass is 481 g/mol. The lowest BCUT2D eigenvalue weighted by Crippen LogP contribution is -2.01. The minimum absolute atomic E-state index is 0.202. The van der Waals surface area contributed by atoms with Gasteiger partial charge in [-0.1, -0.05) is 54.6 Å². The molecule has 9 heteroatoms. The lowest BCUT2D eigenvalue weighted by Gasteiger charge is -2.09. The smallest absolute Gasteiger partial charge is 0.295 e. The third-order valence-electron chi connectivity index (χ3n) is 5.46. The molecule has 0 aromatic heterocycles. The van der Waals surface area contributed by atoms with Gasteiger partial charge < -0.3 is 5.73 Å². The molecule has 0 aliphatic rings. The van der Waals surface area contributed by atoms with Crippen molar-refractivity contribution >= 4 is 60.1 Å². The molecule has 5 aromatic rings. The molecule has 0 heterocycles. The summed E-state index contributed by atoms with van der Waals surface area (Å²) in [5.41, 5.74) is 8.70. The molecular weight excluding hydrogens is 462 g/mol. The summed E-state index contributed by atoms with van der Waals surface area (Å²) in [6, 6.07) is 28.4. The largest absolute Gasteiger partial charge is 0.398 e. The zero-order valence-corrected chi connectivity index (χ0v) is 19.1. The summed E-state index contributed by atoms with van der Waals surface area (Å²) in [6.07, 6.45) is 0. The van der Waals surface area contributed by atoms with Gasteiger partial charge in [-0.2, -0.15) is 13.5 Å². The molecule has 0 saturated carbocycles. The van der Waals surface area contributed by atoms with Crippen molar-refractivity contribution in [2.24, 2.45) is 20.5 Å². The van der Waals surface area contributed by atoms with E-state index in [0.717, 1.165) is 16.5 Å². The lowest BCUT2D eigenvalue weighted by molar-refractivity contribution is 0.484. The van der Waals surface area contributed by atoms with Crippen LogP contribution in [0.15, 0.2) is 122 Å². The van der Waals surface area contributed by atoms with Crippen LogP contribution in [0.5, 0.6) is 0 Å². The molecule has 0 radical (unpaired) electrons. The quantitative estimate of drug-likeness (QED) is 0.152. The van der Waals surface area contributed by atoms with E-state index in [1.807, 2.05) is 60.7 Å². The highest BCUT2D eigenvalue weighted by atomic mass is 32.2. The Morgan fingerprint density at radius 3 is 1.71 bits per heavy atom. The SMILES string of the molecule is Nc1ccc(/N=N/c2ccc(/N=N/c3ccccc3)c3ccccc23)c2cccc(S(=O)(=O)O)c12. The fourth-order valence-electron chi connectivity index (χ4n) is 3.84. The Morgan fingerprint density at radius 2 is 1.09 bits per heavy atom. The van der Waals surface area contributed by atoms with E-state index in [1.54, 1.807) is 18.2 Å². The van der Waals surface area contributed by atoms with Crippen LogP contribution >= 0.6 is 0 Å². The molecule has 172 valence electrons. The highest BCUT2D eigenvalue weighted by Crippen LogP contribution is 2.38. The van der Waals surface area contributed by atoms with Gasteiger partial charge in [-0.05, 0) is 42.5 Å². The molecule has 0 saturated heterocycles. The van der Waals surface area contributed by atoms with Gasteiger partial charge in [0.15, 0.2) is 0 Å². The number of rotatable bonds is 5. The Kier molecular flexibility index (Phi) is 5.77. The van der Waals surface area contributed by atoms with E-state index in [2.05, 4.69) is 20.5 Å². The molecule has 0 unspecified atom stereocenters. The summed E-state index contributed by atoms with van der Waals surface area (Å²) < 4.78 is 33.3. The predicted octanol–water partition coefficient (Wildman–Crippen LogP) is 7.65. The molecule has 5 aromatic carbocycles. The number of nitrogens with two attached hydrogens (primary N) is 1. The molecular formula is C26H19N5O3S. The average molecular weight is 482 g/mol. The third-order valence-corrected chi connectivity index (χ3v) is 6.36. The zero-order valence-electron chi connectivity index (χ0n) is 18.3. The van der Waals surface area contributed by atoms with E-state index in [4.69, 9.17) is 5.73 Å². The van der Waals surface area contributed by atoms with Gasteiger partial charge in [0.05, 0.1) is 22.7 Å². The Balaban J connectivity index is 1.58. The van der Waals surface area contributed by atoms with E-state index in [9.17, 15) is 13.0 Å². The minimum Gasteiger partial charge on any atom is -0.398 e. The standard InChI is InChI=1S/C26H19N5O3S/c27-21-13-14-24(20-11-6-12-25(26(20)21)35(32,33)34)31-30-23-16-15-22(18-9-4-5-10-19(18)23)29-28-17-7-2-1-3-8-17/h1-16H,27H2,(H,32,33,34)/b29-28+,31-30+. The molecule has 0 spiro atoms. The number of hydrogen-bond donors (Lipinski definition) is 2. The minimum atomic E-state index is -4.47. The van der Waals surface area contributed by atoms with Crippen molar-refractivity contribution in [3.63, 3.8) is 0 Å². The number of fused-ring (bicyclic) bond motifs is 2. The molecule has 3 N–H and O–H groups in total. The first kappa shape index (κ1) is 22.3. The molecule has 5 rings (SSSR count). The van der Waals surface area contributed by atoms with Crippen LogP contribution in [0.2, 0.25) is 0 Å². The highest BCUT2D eigenvalue weighted by molar-refractivity contribution is 7.86. The highest BCUT2D eigenvalue weighted by Gasteiger charge is 2.17. The van der Waals surface area contributed by atoms with Gasteiger partial charge in [-0.3, -0.25) is 4.55 Å². The van der Waals surface area contributed by atoms with Crippen LogP contribution in [-0.2, 0) is 10.1 Å². The first-order valence-electron chi connectivity index (χ1n) is 10.6. The number of nitrogen functional groups attached to an aromatic ring is 1. The van der Waals surface area contributed by atoms with Gasteiger partial charge >= 0.3 is 0 Å². The van der Waals surface area contributed by atoms with Crippen molar-refractivity contribution in [2.45, 2.75) is 4.90 Å². The number of azo groups is 2. The third kappa shape index (κ3) is 4.50. The van der Waals surface area contributed by atoms with Gasteiger partial charge in [-0.25, -0.2) is 0 Å². The van der Waals surface area contributed by atoms with Crippen LogP contribution in [0.25, 0.3) is 21.5 Å². The van der Waals surface area contributed by atoms with E-state index < -0.39 is 10.1 Å². The van der Waals surface area contributed by atoms with Crippen molar-refractivity contribution < 1.29 is 13.0 Å². The van der Waals surface area contributed by atoms with Gasteiger partial charge in [0.2, 0.25) is 0 Å². The summed E-state index contributed by atoms with van der Waals surface area (Å²) in [7, 11) is -4.47. The second-order valence-electron chi connectivity index (χ2n) is 7.71. The van der Waals surface area contributed by atoms with Crippen LogP contribution < -0.4 is 5.73 Å². The number of anilines is 1. The van der Waals surface area contributed by atoms with E-state index >= 15 is 0 Å². The summed E-state index contributed by atoms with van der Waals surface area (Å²) in [5, 5.41) is 19.9. The van der Waals surface area contributed by atoms with Crippen LogP contribution in [-0.4, -0.2) is 13.0 Å². The average Bonchev–Trinajstić information content (AvgIpc) is 2.87. The summed E-state index contributed by atoms with van der Waals surface area (Å²) >= 11 is 0. The predicted molar refractivity (Wildman–Crippen MR) is 137 cm³/mol. The first-order chi connectivity index (χ1) is 16.9. The second-order valence-corrected chi connectivity index (χ2v) is 9.10. The summed E-state index contributed by atoms with van der Waals surface area (Å²) in [5.74, 6) is 0. The fraction of sp³-hybridized carbons (Fsp3) is 0. The maximum Gasteiger partial charge on any atom is 0.295 e. The van der Waals surface area contributed by atoms with Gasteiger partial charge in [0.25, 0.3) is 10.1 Å². The van der Waals surface area contributed by atoms with Crippen LogP contribution in [0.3, 0.4) is 0 Å². The van der Waals surface area contributed by atoms with Crippen molar-refractivity contribution in [2.75, 3.05) is 5.73 Å². The second kappa shape index (κ2) is 9.05. The van der Waals surface area contributed by atoms with Crippen molar-refractivity contribution in [3.8, 4) is 0 Å². The Bertz CT molecular complexity index is 1730. The topological polar surface area (TPSA) is 130 Å². The van der Waals surface area contributed by atoms with Crippen LogP contribution in [0, 0.1) is 0 Å². The van der Waals surface area contributed by atoms with E-state index in [-0.39, 0.29) is 16.0 Å². The normalized spacial score (nSPS) is 12.3. The summed E-state index contributed by atoms with van der Waals surface area (Å²) in [4.78, 5) is -0.275. The Hall–Kier alpha value is -4.47. The van der Waals surface area contributed by atoms with Crippen LogP contribution in [0.1, 0.15) is 0 Å². The molecule has 0 amide bonds. The fourth-order valence-corrected chi connectivity index (χ4v) is 4.58. The first-order valence-corrected chi connectivity index (χ1v) is 12.0. The lowest BCUT2D eigenvalue weighted by atomic mass is 10.1. The van der Waals surface area contributed by atoms with Gasteiger partial charge in [-0.15, -0.1) is 15.3 Å². The molecule has 0 atom stereocenters. The summed E-state index contributed by atoms with van der Waals surface area (Å²) in [6.45, 7) is 0. The molecule has 0 bridgehead atoms.